The number of pyridine rings is 1. The number of anilines is 1. The number of benzene rings is 2. The molecule has 0 fully saturated rings. The van der Waals surface area contributed by atoms with E-state index in [2.05, 4.69) is 21.6 Å². The van der Waals surface area contributed by atoms with Crippen molar-refractivity contribution in [2.45, 2.75) is 12.7 Å². The van der Waals surface area contributed by atoms with Crippen molar-refractivity contribution in [3.8, 4) is 6.07 Å². The van der Waals surface area contributed by atoms with E-state index in [0.29, 0.717) is 12.1 Å². The van der Waals surface area contributed by atoms with Crippen LogP contribution in [0.15, 0.2) is 78.2 Å². The molecule has 0 aliphatic carbocycles. The number of hydrogen-bond donors (Lipinski definition) is 1. The van der Waals surface area contributed by atoms with Crippen molar-refractivity contribution >= 4 is 22.9 Å². The Hall–Kier alpha value is -4.12. The Balaban J connectivity index is 1.58. The van der Waals surface area contributed by atoms with Crippen LogP contribution in [0, 0.1) is 11.3 Å². The lowest BCUT2D eigenvalue weighted by molar-refractivity contribution is -0.137. The lowest BCUT2D eigenvalue weighted by Gasteiger charge is -2.07. The lowest BCUT2D eigenvalue weighted by atomic mass is 10.1. The van der Waals surface area contributed by atoms with Gasteiger partial charge in [0.15, 0.2) is 0 Å². The third-order valence-corrected chi connectivity index (χ3v) is 4.77. The fourth-order valence-corrected chi connectivity index (χ4v) is 3.26. The fourth-order valence-electron chi connectivity index (χ4n) is 3.26. The van der Waals surface area contributed by atoms with Gasteiger partial charge in [-0.05, 0) is 29.8 Å². The first-order chi connectivity index (χ1) is 15.0. The summed E-state index contributed by atoms with van der Waals surface area (Å²) in [5, 5.41) is 14.4. The van der Waals surface area contributed by atoms with Crippen LogP contribution in [-0.4, -0.2) is 15.8 Å². The van der Waals surface area contributed by atoms with E-state index in [1.807, 2.05) is 53.2 Å². The largest absolute Gasteiger partial charge is 0.417 e. The van der Waals surface area contributed by atoms with Crippen LogP contribution in [0.3, 0.4) is 0 Å². The lowest BCUT2D eigenvalue weighted by Crippen LogP contribution is -2.05. The van der Waals surface area contributed by atoms with Crippen LogP contribution < -0.4 is 5.43 Å². The number of aromatic nitrogens is 2. The molecule has 5 nitrogen and oxygen atoms in total. The Kier molecular flexibility index (Phi) is 5.41. The van der Waals surface area contributed by atoms with E-state index >= 15 is 0 Å². The van der Waals surface area contributed by atoms with Crippen molar-refractivity contribution < 1.29 is 13.2 Å². The average Bonchev–Trinajstić information content (AvgIpc) is 3.11. The molecule has 2 heterocycles. The van der Waals surface area contributed by atoms with Gasteiger partial charge in [0.1, 0.15) is 5.82 Å². The topological polar surface area (TPSA) is 66.0 Å². The predicted octanol–water partition coefficient (Wildman–Crippen LogP) is 5.42. The smallest absolute Gasteiger partial charge is 0.342 e. The maximum atomic E-state index is 12.6. The number of nitriles is 1. The van der Waals surface area contributed by atoms with Crippen LogP contribution in [0.25, 0.3) is 10.9 Å². The summed E-state index contributed by atoms with van der Waals surface area (Å²) in [6.45, 7) is 0.520. The molecule has 2 aromatic carbocycles. The molecule has 0 atom stereocenters. The second kappa shape index (κ2) is 8.32. The molecule has 0 amide bonds. The van der Waals surface area contributed by atoms with Crippen molar-refractivity contribution in [3.05, 3.63) is 95.3 Å². The summed E-state index contributed by atoms with van der Waals surface area (Å²) in [6, 6.07) is 19.6. The van der Waals surface area contributed by atoms with Crippen LogP contribution in [0.5, 0.6) is 0 Å². The summed E-state index contributed by atoms with van der Waals surface area (Å²) < 4.78 is 39.9. The van der Waals surface area contributed by atoms with Crippen molar-refractivity contribution in [2.24, 2.45) is 5.10 Å². The summed E-state index contributed by atoms with van der Waals surface area (Å²) in [5.41, 5.74) is 5.16. The zero-order chi connectivity index (χ0) is 21.8. The highest BCUT2D eigenvalue weighted by Gasteiger charge is 2.30. The highest BCUT2D eigenvalue weighted by atomic mass is 19.4. The van der Waals surface area contributed by atoms with E-state index < -0.39 is 11.7 Å². The highest BCUT2D eigenvalue weighted by molar-refractivity contribution is 5.99. The summed E-state index contributed by atoms with van der Waals surface area (Å²) in [6.07, 6.45) is -0.157. The summed E-state index contributed by atoms with van der Waals surface area (Å²) in [5.74, 6) is 0.205. The molecule has 0 aliphatic rings. The van der Waals surface area contributed by atoms with Gasteiger partial charge in [0, 0.05) is 35.4 Å². The van der Waals surface area contributed by atoms with Gasteiger partial charge >= 0.3 is 6.18 Å². The molecule has 4 rings (SSSR count). The van der Waals surface area contributed by atoms with Gasteiger partial charge < -0.3 is 4.57 Å². The maximum absolute atomic E-state index is 12.6. The van der Waals surface area contributed by atoms with Gasteiger partial charge in [0.05, 0.1) is 23.4 Å². The minimum Gasteiger partial charge on any atom is -0.342 e. The van der Waals surface area contributed by atoms with Gasteiger partial charge in [-0.15, -0.1) is 0 Å². The van der Waals surface area contributed by atoms with Crippen molar-refractivity contribution in [2.75, 3.05) is 5.43 Å². The van der Waals surface area contributed by atoms with Gasteiger partial charge in [-0.25, -0.2) is 4.98 Å². The number of fused-ring (bicyclic) bond motifs is 1. The molecule has 0 saturated carbocycles. The molecule has 31 heavy (non-hydrogen) atoms. The predicted molar refractivity (Wildman–Crippen MR) is 113 cm³/mol. The Morgan fingerprint density at radius 2 is 1.84 bits per heavy atom. The van der Waals surface area contributed by atoms with E-state index in [-0.39, 0.29) is 5.82 Å². The zero-order valence-electron chi connectivity index (χ0n) is 16.1. The molecule has 4 aromatic rings. The molecule has 1 N–H and O–H groups in total. The molecule has 8 heteroatoms. The average molecular weight is 419 g/mol. The normalized spacial score (nSPS) is 11.7. The molecule has 0 radical (unpaired) electrons. The van der Waals surface area contributed by atoms with Crippen LogP contribution in [0.1, 0.15) is 22.3 Å². The SMILES string of the molecule is N#Cc1ccccc1Cn1cc(/C=N\Nc2ccc(C(F)(F)F)cn2)c2ccccc21. The second-order valence-electron chi connectivity index (χ2n) is 6.80. The number of nitrogens with one attached hydrogen (secondary N) is 1. The molecular weight excluding hydrogens is 403 g/mol. The first-order valence-corrected chi connectivity index (χ1v) is 9.34. The van der Waals surface area contributed by atoms with E-state index in [0.717, 1.165) is 34.3 Å². The van der Waals surface area contributed by atoms with Crippen molar-refractivity contribution in [1.82, 2.24) is 9.55 Å². The highest BCUT2D eigenvalue weighted by Crippen LogP contribution is 2.29. The van der Waals surface area contributed by atoms with Crippen LogP contribution >= 0.6 is 0 Å². The van der Waals surface area contributed by atoms with Gasteiger partial charge in [0.2, 0.25) is 0 Å². The van der Waals surface area contributed by atoms with Gasteiger partial charge in [-0.3, -0.25) is 5.43 Å². The monoisotopic (exact) mass is 419 g/mol. The number of nitrogens with zero attached hydrogens (tertiary/aromatic N) is 4. The molecule has 2 aromatic heterocycles. The van der Waals surface area contributed by atoms with Gasteiger partial charge in [-0.2, -0.15) is 23.5 Å². The Labute approximate surface area is 176 Å². The van der Waals surface area contributed by atoms with E-state index in [4.69, 9.17) is 0 Å². The van der Waals surface area contributed by atoms with E-state index in [9.17, 15) is 18.4 Å². The fraction of sp³-hybridized carbons (Fsp3) is 0.0870. The zero-order valence-corrected chi connectivity index (χ0v) is 16.1. The molecular formula is C23H16F3N5. The van der Waals surface area contributed by atoms with Crippen LogP contribution in [0.2, 0.25) is 0 Å². The summed E-state index contributed by atoms with van der Waals surface area (Å²) >= 11 is 0. The third kappa shape index (κ3) is 4.41. The summed E-state index contributed by atoms with van der Waals surface area (Å²) in [4.78, 5) is 3.74. The number of hydrazone groups is 1. The summed E-state index contributed by atoms with van der Waals surface area (Å²) in [7, 11) is 0. The second-order valence-corrected chi connectivity index (χ2v) is 6.80. The minimum absolute atomic E-state index is 0.205. The maximum Gasteiger partial charge on any atom is 0.417 e. The molecule has 0 unspecified atom stereocenters. The Morgan fingerprint density at radius 3 is 2.58 bits per heavy atom. The third-order valence-electron chi connectivity index (χ3n) is 4.77. The minimum atomic E-state index is -4.43. The number of hydrogen-bond acceptors (Lipinski definition) is 4. The standard InChI is InChI=1S/C23H16F3N5/c24-23(25,26)19-9-10-22(28-13-19)30-29-12-18-15-31(21-8-4-3-7-20(18)21)14-17-6-2-1-5-16(17)11-27/h1-10,12-13,15H,14H2,(H,28,30)/b29-12-. The van der Waals surface area contributed by atoms with Crippen molar-refractivity contribution in [3.63, 3.8) is 0 Å². The van der Waals surface area contributed by atoms with E-state index in [1.165, 1.54) is 6.07 Å². The molecule has 0 saturated heterocycles. The van der Waals surface area contributed by atoms with Crippen LogP contribution in [0.4, 0.5) is 19.0 Å². The molecule has 0 bridgehead atoms. The number of halogens is 3. The van der Waals surface area contributed by atoms with Crippen LogP contribution in [-0.2, 0) is 12.7 Å². The first kappa shape index (κ1) is 20.2. The van der Waals surface area contributed by atoms with Crippen molar-refractivity contribution in [1.29, 1.82) is 5.26 Å². The molecule has 0 aliphatic heterocycles. The Bertz CT molecular complexity index is 1280. The van der Waals surface area contributed by atoms with Gasteiger partial charge in [-0.1, -0.05) is 36.4 Å². The van der Waals surface area contributed by atoms with E-state index in [1.54, 1.807) is 12.3 Å². The van der Waals surface area contributed by atoms with Gasteiger partial charge in [0.25, 0.3) is 0 Å². The Morgan fingerprint density at radius 1 is 1.06 bits per heavy atom. The quantitative estimate of drug-likeness (QED) is 0.347. The number of rotatable bonds is 5. The number of para-hydroxylation sites is 1. The first-order valence-electron chi connectivity index (χ1n) is 9.34. The number of alkyl halides is 3. The molecule has 154 valence electrons. The molecule has 0 spiro atoms.